The molecule has 0 amide bonds. The number of hydrogen-bond acceptors (Lipinski definition) is 1. The minimum absolute atomic E-state index is 0.389. The third-order valence-electron chi connectivity index (χ3n) is 3.98. The molecule has 1 unspecified atom stereocenters. The zero-order valence-corrected chi connectivity index (χ0v) is 10.3. The van der Waals surface area contributed by atoms with Crippen molar-refractivity contribution in [1.82, 2.24) is 0 Å². The van der Waals surface area contributed by atoms with Gasteiger partial charge in [0.05, 0.1) is 6.61 Å². The van der Waals surface area contributed by atoms with Crippen molar-refractivity contribution in [3.05, 3.63) is 52.4 Å². The molecule has 0 saturated heterocycles. The Kier molecular flexibility index (Phi) is 1.93. The Morgan fingerprint density at radius 3 is 3.00 bits per heavy atom. The maximum absolute atomic E-state index is 6.00. The van der Waals surface area contributed by atoms with Crippen LogP contribution in [0.1, 0.15) is 6.92 Å². The first-order valence-electron chi connectivity index (χ1n) is 6.38. The van der Waals surface area contributed by atoms with Crippen LogP contribution < -0.4 is 15.2 Å². The minimum Gasteiger partial charge on any atom is -0.492 e. The van der Waals surface area contributed by atoms with Crippen LogP contribution in [0.15, 0.2) is 42.0 Å². The number of fused-ring (bicyclic) bond motifs is 1. The molecule has 18 heavy (non-hydrogen) atoms. The summed E-state index contributed by atoms with van der Waals surface area (Å²) in [5, 5.41) is 5.15. The molecule has 0 saturated carbocycles. The van der Waals surface area contributed by atoms with Crippen LogP contribution in [0.2, 0.25) is 0 Å². The molecule has 1 heterocycles. The summed E-state index contributed by atoms with van der Waals surface area (Å²) in [5.41, 5.74) is 1.37. The van der Waals surface area contributed by atoms with Gasteiger partial charge in [-0.1, -0.05) is 48.1 Å². The molecular formula is C17H14O. The van der Waals surface area contributed by atoms with Gasteiger partial charge in [0.1, 0.15) is 5.75 Å². The Hall–Kier alpha value is -2.02. The van der Waals surface area contributed by atoms with Crippen LogP contribution in [0.3, 0.4) is 0 Å². The van der Waals surface area contributed by atoms with Crippen molar-refractivity contribution in [2.45, 2.75) is 6.92 Å². The summed E-state index contributed by atoms with van der Waals surface area (Å²) in [6.07, 6.45) is 6.81. The lowest BCUT2D eigenvalue weighted by molar-refractivity contribution is 0.303. The van der Waals surface area contributed by atoms with Crippen molar-refractivity contribution in [1.29, 1.82) is 0 Å². The van der Waals surface area contributed by atoms with E-state index < -0.39 is 0 Å². The summed E-state index contributed by atoms with van der Waals surface area (Å²) in [7, 11) is 0. The minimum atomic E-state index is 0.389. The molecule has 0 spiro atoms. The molecule has 0 radical (unpaired) electrons. The Bertz CT molecular complexity index is 796. The van der Waals surface area contributed by atoms with Crippen LogP contribution in [-0.4, -0.2) is 6.61 Å². The maximum atomic E-state index is 6.00. The predicted molar refractivity (Wildman–Crippen MR) is 74.9 cm³/mol. The van der Waals surface area contributed by atoms with Crippen LogP contribution in [0.25, 0.3) is 22.9 Å². The first-order chi connectivity index (χ1) is 8.83. The smallest absolute Gasteiger partial charge is 0.127 e. The van der Waals surface area contributed by atoms with Gasteiger partial charge in [-0.25, -0.2) is 0 Å². The predicted octanol–water partition coefficient (Wildman–Crippen LogP) is 2.37. The van der Waals surface area contributed by atoms with Crippen molar-refractivity contribution < 1.29 is 4.74 Å². The fourth-order valence-corrected chi connectivity index (χ4v) is 2.87. The van der Waals surface area contributed by atoms with Crippen molar-refractivity contribution in [2.75, 3.05) is 6.61 Å². The average Bonchev–Trinajstić information content (AvgIpc) is 2.68. The maximum Gasteiger partial charge on any atom is 0.127 e. The van der Waals surface area contributed by atoms with Crippen molar-refractivity contribution in [3.63, 3.8) is 0 Å². The standard InChI is InChI=1S/C17H14O/c1-11-5-6-12-7-8-13-3-2-4-16-17(13)15(12)9-14(11)10-18-16/h2-9,14H,10H2,1H3. The Morgan fingerprint density at radius 2 is 2.06 bits per heavy atom. The second kappa shape index (κ2) is 3.49. The highest BCUT2D eigenvalue weighted by atomic mass is 16.5. The quantitative estimate of drug-likeness (QED) is 0.680. The van der Waals surface area contributed by atoms with Crippen LogP contribution in [-0.2, 0) is 0 Å². The first-order valence-corrected chi connectivity index (χ1v) is 6.38. The van der Waals surface area contributed by atoms with Gasteiger partial charge in [-0.15, -0.1) is 0 Å². The largest absolute Gasteiger partial charge is 0.492 e. The molecule has 1 atom stereocenters. The molecule has 4 rings (SSSR count). The molecular weight excluding hydrogens is 220 g/mol. The van der Waals surface area contributed by atoms with E-state index in [9.17, 15) is 0 Å². The molecule has 2 aromatic carbocycles. The van der Waals surface area contributed by atoms with Crippen molar-refractivity contribution in [3.8, 4) is 5.75 Å². The Labute approximate surface area is 106 Å². The van der Waals surface area contributed by atoms with E-state index in [1.165, 1.54) is 26.8 Å². The van der Waals surface area contributed by atoms with Gasteiger partial charge in [-0.2, -0.15) is 0 Å². The molecule has 1 aliphatic heterocycles. The van der Waals surface area contributed by atoms with Crippen molar-refractivity contribution >= 4 is 22.9 Å². The van der Waals surface area contributed by atoms with E-state index >= 15 is 0 Å². The number of allylic oxidation sites excluding steroid dienone is 1. The SMILES string of the molecule is CC1=CC=c2ccc3cccc4c3c2=CC1CO4. The molecule has 0 fully saturated rings. The van der Waals surface area contributed by atoms with Gasteiger partial charge in [0.15, 0.2) is 0 Å². The van der Waals surface area contributed by atoms with E-state index in [4.69, 9.17) is 4.74 Å². The summed E-state index contributed by atoms with van der Waals surface area (Å²) >= 11 is 0. The van der Waals surface area contributed by atoms with Gasteiger partial charge in [-0.05, 0) is 28.8 Å². The van der Waals surface area contributed by atoms with Gasteiger partial charge < -0.3 is 4.74 Å². The van der Waals surface area contributed by atoms with Crippen LogP contribution in [0.5, 0.6) is 5.75 Å². The van der Waals surface area contributed by atoms with E-state index in [-0.39, 0.29) is 0 Å². The van der Waals surface area contributed by atoms with E-state index in [1.54, 1.807) is 0 Å². The summed E-state index contributed by atoms with van der Waals surface area (Å²) < 4.78 is 6.00. The van der Waals surface area contributed by atoms with Crippen LogP contribution in [0.4, 0.5) is 0 Å². The monoisotopic (exact) mass is 234 g/mol. The lowest BCUT2D eigenvalue weighted by Gasteiger charge is -2.13. The van der Waals surface area contributed by atoms with Gasteiger partial charge in [0, 0.05) is 11.3 Å². The summed E-state index contributed by atoms with van der Waals surface area (Å²) in [6, 6.07) is 10.7. The molecule has 88 valence electrons. The third-order valence-corrected chi connectivity index (χ3v) is 3.98. The zero-order chi connectivity index (χ0) is 12.1. The summed E-state index contributed by atoms with van der Waals surface area (Å²) in [5.74, 6) is 1.41. The van der Waals surface area contributed by atoms with E-state index in [0.717, 1.165) is 12.4 Å². The highest BCUT2D eigenvalue weighted by Crippen LogP contribution is 2.26. The number of hydrogen-bond donors (Lipinski definition) is 0. The third kappa shape index (κ3) is 1.28. The zero-order valence-electron chi connectivity index (χ0n) is 10.3. The molecule has 2 aliphatic rings. The van der Waals surface area contributed by atoms with Gasteiger partial charge in [-0.3, -0.25) is 0 Å². The molecule has 2 aromatic rings. The van der Waals surface area contributed by atoms with Gasteiger partial charge >= 0.3 is 0 Å². The number of benzene rings is 2. The normalized spacial score (nSPS) is 20.3. The lowest BCUT2D eigenvalue weighted by atomic mass is 10.00. The second-order valence-electron chi connectivity index (χ2n) is 5.08. The molecule has 2 bridgehead atoms. The van der Waals surface area contributed by atoms with Gasteiger partial charge in [0.25, 0.3) is 0 Å². The molecule has 1 heteroatoms. The average molecular weight is 234 g/mol. The van der Waals surface area contributed by atoms with E-state index in [1.807, 2.05) is 0 Å². The fourth-order valence-electron chi connectivity index (χ4n) is 2.87. The summed E-state index contributed by atoms with van der Waals surface area (Å²) in [6.45, 7) is 2.92. The highest BCUT2D eigenvalue weighted by molar-refractivity contribution is 5.90. The molecule has 1 aliphatic carbocycles. The topological polar surface area (TPSA) is 9.23 Å². The number of ether oxygens (including phenoxy) is 1. The van der Waals surface area contributed by atoms with E-state index in [2.05, 4.69) is 55.5 Å². The van der Waals surface area contributed by atoms with E-state index in [0.29, 0.717) is 5.92 Å². The van der Waals surface area contributed by atoms with Gasteiger partial charge in [0.2, 0.25) is 0 Å². The molecule has 0 aromatic heterocycles. The number of rotatable bonds is 0. The van der Waals surface area contributed by atoms with Crippen molar-refractivity contribution in [2.24, 2.45) is 5.92 Å². The van der Waals surface area contributed by atoms with Crippen LogP contribution >= 0.6 is 0 Å². The first kappa shape index (κ1) is 9.95. The second-order valence-corrected chi connectivity index (χ2v) is 5.08. The lowest BCUT2D eigenvalue weighted by Crippen LogP contribution is -2.24. The highest BCUT2D eigenvalue weighted by Gasteiger charge is 2.16. The summed E-state index contributed by atoms with van der Waals surface area (Å²) in [4.78, 5) is 0. The fraction of sp³-hybridized carbons (Fsp3) is 0.176. The molecule has 0 N–H and O–H groups in total. The Balaban J connectivity index is 2.27. The van der Waals surface area contributed by atoms with Crippen LogP contribution in [0, 0.1) is 5.92 Å². The Morgan fingerprint density at radius 1 is 1.11 bits per heavy atom. The molecule has 1 nitrogen and oxygen atoms in total.